The minimum absolute atomic E-state index is 0.519. The number of rotatable bonds is 7. The summed E-state index contributed by atoms with van der Waals surface area (Å²) >= 11 is 1.60. The molecule has 0 saturated heterocycles. The van der Waals surface area contributed by atoms with E-state index in [4.69, 9.17) is 4.74 Å². The average Bonchev–Trinajstić information content (AvgIpc) is 2.84. The molecule has 2 rings (SSSR count). The first-order valence-corrected chi connectivity index (χ1v) is 7.44. The van der Waals surface area contributed by atoms with Crippen LogP contribution < -0.4 is 4.74 Å². The molecule has 20 heavy (non-hydrogen) atoms. The maximum Gasteiger partial charge on any atom is 0.191 e. The van der Waals surface area contributed by atoms with Crippen LogP contribution in [-0.2, 0) is 6.54 Å². The molecule has 2 aromatic rings. The number of carbonyl (C=O) groups is 1. The molecule has 106 valence electrons. The van der Waals surface area contributed by atoms with Crippen LogP contribution in [0.2, 0.25) is 0 Å². The molecule has 0 amide bonds. The number of aromatic nitrogens is 3. The number of aldehydes is 1. The number of ether oxygens (including phenoxy) is 1. The van der Waals surface area contributed by atoms with Crippen molar-refractivity contribution in [2.75, 3.05) is 12.4 Å². The Labute approximate surface area is 122 Å². The molecule has 0 atom stereocenters. The zero-order valence-corrected chi connectivity index (χ0v) is 12.4. The van der Waals surface area contributed by atoms with E-state index in [-0.39, 0.29) is 0 Å². The van der Waals surface area contributed by atoms with Crippen molar-refractivity contribution in [3.63, 3.8) is 0 Å². The maximum absolute atomic E-state index is 10.9. The van der Waals surface area contributed by atoms with Gasteiger partial charge in [-0.15, -0.1) is 10.2 Å². The van der Waals surface area contributed by atoms with Gasteiger partial charge in [0.15, 0.2) is 11.4 Å². The smallest absolute Gasteiger partial charge is 0.191 e. The number of nitrogens with zero attached hydrogens (tertiary/aromatic N) is 3. The molecular formula is C14H17N3O2S. The minimum Gasteiger partial charge on any atom is -0.492 e. The Kier molecular flexibility index (Phi) is 5.17. The average molecular weight is 291 g/mol. The predicted octanol–water partition coefficient (Wildman–Crippen LogP) is 2.59. The summed E-state index contributed by atoms with van der Waals surface area (Å²) in [6.07, 6.45) is 0.805. The van der Waals surface area contributed by atoms with Crippen molar-refractivity contribution < 1.29 is 9.53 Å². The van der Waals surface area contributed by atoms with Gasteiger partial charge in [-0.05, 0) is 26.0 Å². The topological polar surface area (TPSA) is 57.0 Å². The summed E-state index contributed by atoms with van der Waals surface area (Å²) in [6.45, 7) is 5.38. The predicted molar refractivity (Wildman–Crippen MR) is 78.5 cm³/mol. The summed E-state index contributed by atoms with van der Waals surface area (Å²) in [5.74, 6) is 2.30. The van der Waals surface area contributed by atoms with Crippen LogP contribution in [0.5, 0.6) is 5.75 Å². The number of thioether (sulfide) groups is 1. The van der Waals surface area contributed by atoms with Crippen LogP contribution in [0.15, 0.2) is 29.4 Å². The molecule has 5 nitrogen and oxygen atoms in total. The highest BCUT2D eigenvalue weighted by Crippen LogP contribution is 2.19. The van der Waals surface area contributed by atoms with Gasteiger partial charge in [-0.2, -0.15) is 0 Å². The van der Waals surface area contributed by atoms with Gasteiger partial charge in [-0.3, -0.25) is 4.79 Å². The van der Waals surface area contributed by atoms with E-state index in [0.717, 1.165) is 29.6 Å². The van der Waals surface area contributed by atoms with Gasteiger partial charge < -0.3 is 9.30 Å². The van der Waals surface area contributed by atoms with Crippen molar-refractivity contribution in [3.8, 4) is 5.75 Å². The van der Waals surface area contributed by atoms with Crippen molar-refractivity contribution >= 4 is 18.0 Å². The highest BCUT2D eigenvalue weighted by atomic mass is 32.2. The highest BCUT2D eigenvalue weighted by Gasteiger charge is 2.07. The van der Waals surface area contributed by atoms with E-state index in [1.165, 1.54) is 0 Å². The molecule has 1 aromatic heterocycles. The summed E-state index contributed by atoms with van der Waals surface area (Å²) < 4.78 is 7.68. The number of hydrogen-bond donors (Lipinski definition) is 0. The number of carbonyl (C=O) groups excluding carboxylic acids is 1. The van der Waals surface area contributed by atoms with Crippen molar-refractivity contribution in [2.45, 2.75) is 25.5 Å². The van der Waals surface area contributed by atoms with Crippen molar-refractivity contribution in [1.29, 1.82) is 0 Å². The summed E-state index contributed by atoms with van der Waals surface area (Å²) in [7, 11) is 0. The van der Waals surface area contributed by atoms with Crippen LogP contribution in [-0.4, -0.2) is 33.4 Å². The van der Waals surface area contributed by atoms with Crippen LogP contribution in [0.4, 0.5) is 0 Å². The van der Waals surface area contributed by atoms with Gasteiger partial charge in [0.05, 0.1) is 12.2 Å². The molecule has 1 aromatic carbocycles. The monoisotopic (exact) mass is 291 g/mol. The number of benzene rings is 1. The largest absolute Gasteiger partial charge is 0.492 e. The lowest BCUT2D eigenvalue weighted by Gasteiger charge is -2.08. The van der Waals surface area contributed by atoms with Crippen LogP contribution in [0.25, 0.3) is 0 Å². The Morgan fingerprint density at radius 3 is 2.90 bits per heavy atom. The van der Waals surface area contributed by atoms with E-state index < -0.39 is 0 Å². The number of aryl methyl sites for hydroxylation is 1. The van der Waals surface area contributed by atoms with E-state index in [1.807, 2.05) is 19.1 Å². The Hall–Kier alpha value is -1.82. The van der Waals surface area contributed by atoms with E-state index in [1.54, 1.807) is 23.9 Å². The van der Waals surface area contributed by atoms with Crippen molar-refractivity contribution in [1.82, 2.24) is 14.8 Å². The second-order valence-corrected chi connectivity index (χ2v) is 5.19. The van der Waals surface area contributed by atoms with Gasteiger partial charge >= 0.3 is 0 Å². The second-order valence-electron chi connectivity index (χ2n) is 4.13. The SMILES string of the molecule is CCn1c(C)nnc1SCCOc1ccccc1C=O. The molecule has 0 aliphatic carbocycles. The maximum atomic E-state index is 10.9. The molecule has 0 unspecified atom stereocenters. The summed E-state index contributed by atoms with van der Waals surface area (Å²) in [5, 5.41) is 9.09. The van der Waals surface area contributed by atoms with E-state index in [2.05, 4.69) is 21.7 Å². The zero-order valence-electron chi connectivity index (χ0n) is 11.6. The fourth-order valence-corrected chi connectivity index (χ4v) is 2.69. The standard InChI is InChI=1S/C14H17N3O2S/c1-3-17-11(2)15-16-14(17)20-9-8-19-13-7-5-4-6-12(13)10-18/h4-7,10H,3,8-9H2,1-2H3. The van der Waals surface area contributed by atoms with Crippen LogP contribution in [0, 0.1) is 6.92 Å². The molecule has 0 radical (unpaired) electrons. The summed E-state index contributed by atoms with van der Waals surface area (Å²) in [6, 6.07) is 7.21. The van der Waals surface area contributed by atoms with Gasteiger partial charge in [0.1, 0.15) is 11.6 Å². The van der Waals surface area contributed by atoms with Gasteiger partial charge in [0, 0.05) is 12.3 Å². The first kappa shape index (κ1) is 14.6. The molecule has 0 fully saturated rings. The van der Waals surface area contributed by atoms with Crippen molar-refractivity contribution in [3.05, 3.63) is 35.7 Å². The van der Waals surface area contributed by atoms with E-state index in [0.29, 0.717) is 17.9 Å². The third kappa shape index (κ3) is 3.39. The fraction of sp³-hybridized carbons (Fsp3) is 0.357. The molecular weight excluding hydrogens is 274 g/mol. The molecule has 0 bridgehead atoms. The highest BCUT2D eigenvalue weighted by molar-refractivity contribution is 7.99. The van der Waals surface area contributed by atoms with Crippen molar-refractivity contribution in [2.24, 2.45) is 0 Å². The Bertz CT molecular complexity index is 584. The van der Waals surface area contributed by atoms with Crippen LogP contribution >= 0.6 is 11.8 Å². The van der Waals surface area contributed by atoms with E-state index in [9.17, 15) is 4.79 Å². The molecule has 0 spiro atoms. The summed E-state index contributed by atoms with van der Waals surface area (Å²) in [4.78, 5) is 10.9. The molecule has 0 N–H and O–H groups in total. The van der Waals surface area contributed by atoms with Crippen LogP contribution in [0.3, 0.4) is 0 Å². The molecule has 1 heterocycles. The van der Waals surface area contributed by atoms with Gasteiger partial charge in [0.25, 0.3) is 0 Å². The Morgan fingerprint density at radius 2 is 2.15 bits per heavy atom. The van der Waals surface area contributed by atoms with Gasteiger partial charge in [0.2, 0.25) is 0 Å². The van der Waals surface area contributed by atoms with Gasteiger partial charge in [-0.25, -0.2) is 0 Å². The van der Waals surface area contributed by atoms with E-state index >= 15 is 0 Å². The van der Waals surface area contributed by atoms with Crippen LogP contribution in [0.1, 0.15) is 23.1 Å². The fourth-order valence-electron chi connectivity index (χ4n) is 1.83. The summed E-state index contributed by atoms with van der Waals surface area (Å²) in [5.41, 5.74) is 0.574. The molecule has 6 heteroatoms. The normalized spacial score (nSPS) is 10.5. The third-order valence-corrected chi connectivity index (χ3v) is 3.77. The second kappa shape index (κ2) is 7.09. The Morgan fingerprint density at radius 1 is 1.35 bits per heavy atom. The lowest BCUT2D eigenvalue weighted by atomic mass is 10.2. The molecule has 0 saturated carbocycles. The molecule has 0 aliphatic rings. The lowest BCUT2D eigenvalue weighted by Crippen LogP contribution is -2.04. The zero-order chi connectivity index (χ0) is 14.4. The third-order valence-electron chi connectivity index (χ3n) is 2.84. The molecule has 0 aliphatic heterocycles. The number of para-hydroxylation sites is 1. The number of hydrogen-bond acceptors (Lipinski definition) is 5. The van der Waals surface area contributed by atoms with Gasteiger partial charge in [-0.1, -0.05) is 23.9 Å². The minimum atomic E-state index is 0.519. The first-order chi connectivity index (χ1) is 9.76. The Balaban J connectivity index is 1.86. The lowest BCUT2D eigenvalue weighted by molar-refractivity contribution is 0.112. The quantitative estimate of drug-likeness (QED) is 0.446. The first-order valence-electron chi connectivity index (χ1n) is 6.46.